The Hall–Kier alpha value is -2.76. The first-order valence-corrected chi connectivity index (χ1v) is 9.56. The molecule has 2 heterocycles. The minimum absolute atomic E-state index is 0.00821. The van der Waals surface area contributed by atoms with Crippen molar-refractivity contribution in [3.05, 3.63) is 71.3 Å². The van der Waals surface area contributed by atoms with E-state index in [0.29, 0.717) is 50.0 Å². The Morgan fingerprint density at radius 1 is 0.964 bits per heavy atom. The Morgan fingerprint density at radius 3 is 2.32 bits per heavy atom. The van der Waals surface area contributed by atoms with Crippen molar-refractivity contribution in [3.63, 3.8) is 0 Å². The monoisotopic (exact) mass is 384 g/mol. The number of benzene rings is 2. The third-order valence-corrected chi connectivity index (χ3v) is 6.01. The smallest absolute Gasteiger partial charge is 0.253 e. The summed E-state index contributed by atoms with van der Waals surface area (Å²) in [6.07, 6.45) is 1.95. The predicted molar refractivity (Wildman–Crippen MR) is 100 cm³/mol. The van der Waals surface area contributed by atoms with E-state index in [1.165, 1.54) is 12.1 Å². The molecule has 2 aromatic carbocycles. The van der Waals surface area contributed by atoms with Gasteiger partial charge in [0, 0.05) is 43.4 Å². The lowest BCUT2D eigenvalue weighted by Gasteiger charge is -2.38. The first-order valence-electron chi connectivity index (χ1n) is 9.56. The highest BCUT2D eigenvalue weighted by atomic mass is 19.1. The molecule has 2 amide bonds. The van der Waals surface area contributed by atoms with E-state index in [0.717, 1.165) is 6.07 Å². The fraction of sp³-hybridized carbons (Fsp3) is 0.364. The summed E-state index contributed by atoms with van der Waals surface area (Å²) in [6, 6.07) is 12.6. The second-order valence-electron chi connectivity index (χ2n) is 7.65. The van der Waals surface area contributed by atoms with Gasteiger partial charge in [-0.1, -0.05) is 24.3 Å². The number of hydrogen-bond acceptors (Lipinski definition) is 2. The van der Waals surface area contributed by atoms with Gasteiger partial charge in [0.05, 0.1) is 5.41 Å². The molecule has 0 radical (unpaired) electrons. The molecule has 2 saturated heterocycles. The fourth-order valence-corrected chi connectivity index (χ4v) is 4.26. The van der Waals surface area contributed by atoms with Crippen LogP contribution in [0.1, 0.15) is 35.2 Å². The van der Waals surface area contributed by atoms with E-state index < -0.39 is 17.0 Å². The van der Waals surface area contributed by atoms with E-state index >= 15 is 0 Å². The summed E-state index contributed by atoms with van der Waals surface area (Å²) in [7, 11) is 0. The molecule has 2 aromatic rings. The second-order valence-corrected chi connectivity index (χ2v) is 7.65. The molecule has 0 aromatic heterocycles. The van der Waals surface area contributed by atoms with Gasteiger partial charge >= 0.3 is 0 Å². The normalized spacial score (nSPS) is 18.7. The highest BCUT2D eigenvalue weighted by Gasteiger charge is 2.48. The molecule has 4 rings (SSSR count). The van der Waals surface area contributed by atoms with Gasteiger partial charge in [-0.25, -0.2) is 8.78 Å². The number of nitrogens with zero attached hydrogens (tertiary/aromatic N) is 2. The molecule has 146 valence electrons. The van der Waals surface area contributed by atoms with Crippen LogP contribution in [-0.2, 0) is 11.3 Å². The molecule has 0 atom stereocenters. The van der Waals surface area contributed by atoms with Gasteiger partial charge in [-0.2, -0.15) is 0 Å². The zero-order valence-corrected chi connectivity index (χ0v) is 15.5. The Morgan fingerprint density at radius 2 is 1.64 bits per heavy atom. The summed E-state index contributed by atoms with van der Waals surface area (Å²) in [5.74, 6) is -1.24. The third-order valence-electron chi connectivity index (χ3n) is 6.01. The third kappa shape index (κ3) is 3.39. The molecule has 0 saturated carbocycles. The number of carbonyl (C=O) groups is 2. The van der Waals surface area contributed by atoms with E-state index in [4.69, 9.17) is 0 Å². The van der Waals surface area contributed by atoms with Crippen molar-refractivity contribution < 1.29 is 18.4 Å². The molecular formula is C22H22F2N2O2. The van der Waals surface area contributed by atoms with Gasteiger partial charge in [0.25, 0.3) is 5.91 Å². The first kappa shape index (κ1) is 18.6. The molecule has 4 nitrogen and oxygen atoms in total. The summed E-state index contributed by atoms with van der Waals surface area (Å²) in [5, 5.41) is 0. The Bertz CT molecular complexity index is 893. The standard InChI is InChI=1S/C22H22F2N2O2/c23-18-7-6-17(19(24)14-18)15-26-13-10-22(21(26)28)8-11-25(12-9-22)20(27)16-4-2-1-3-5-16/h1-7,14H,8-13,15H2. The van der Waals surface area contributed by atoms with Crippen LogP contribution in [0.4, 0.5) is 8.78 Å². The molecular weight excluding hydrogens is 362 g/mol. The molecule has 2 aliphatic heterocycles. The van der Waals surface area contributed by atoms with Crippen molar-refractivity contribution in [1.82, 2.24) is 9.80 Å². The number of likely N-dealkylation sites (tertiary alicyclic amines) is 2. The molecule has 28 heavy (non-hydrogen) atoms. The largest absolute Gasteiger partial charge is 0.339 e. The average molecular weight is 384 g/mol. The van der Waals surface area contributed by atoms with Crippen molar-refractivity contribution in [1.29, 1.82) is 0 Å². The van der Waals surface area contributed by atoms with Crippen LogP contribution in [0.3, 0.4) is 0 Å². The Labute approximate surface area is 162 Å². The average Bonchev–Trinajstić information content (AvgIpc) is 3.00. The molecule has 0 unspecified atom stereocenters. The second kappa shape index (κ2) is 7.34. The number of halogens is 2. The zero-order valence-electron chi connectivity index (χ0n) is 15.5. The van der Waals surface area contributed by atoms with Gasteiger partial charge < -0.3 is 9.80 Å². The van der Waals surface area contributed by atoms with Crippen LogP contribution in [0.25, 0.3) is 0 Å². The summed E-state index contributed by atoms with van der Waals surface area (Å²) < 4.78 is 27.0. The molecule has 2 fully saturated rings. The number of amides is 2. The molecule has 0 aliphatic carbocycles. The molecule has 2 aliphatic rings. The van der Waals surface area contributed by atoms with Crippen LogP contribution < -0.4 is 0 Å². The summed E-state index contributed by atoms with van der Waals surface area (Å²) in [4.78, 5) is 29.1. The van der Waals surface area contributed by atoms with Gasteiger partial charge in [-0.15, -0.1) is 0 Å². The van der Waals surface area contributed by atoms with E-state index in [1.54, 1.807) is 21.9 Å². The topological polar surface area (TPSA) is 40.6 Å². The fourth-order valence-electron chi connectivity index (χ4n) is 4.26. The SMILES string of the molecule is O=C(c1ccccc1)N1CCC2(CC1)CCN(Cc1ccc(F)cc1F)C2=O. The number of carbonyl (C=O) groups excluding carboxylic acids is 2. The molecule has 0 N–H and O–H groups in total. The van der Waals surface area contributed by atoms with Crippen LogP contribution in [0.5, 0.6) is 0 Å². The predicted octanol–water partition coefficient (Wildman–Crippen LogP) is 3.62. The highest BCUT2D eigenvalue weighted by molar-refractivity contribution is 5.94. The van der Waals surface area contributed by atoms with Gasteiger partial charge in [0.1, 0.15) is 11.6 Å². The van der Waals surface area contributed by atoms with Gasteiger partial charge in [0.2, 0.25) is 5.91 Å². The van der Waals surface area contributed by atoms with Crippen molar-refractivity contribution in [2.75, 3.05) is 19.6 Å². The minimum Gasteiger partial charge on any atom is -0.339 e. The molecule has 6 heteroatoms. The van der Waals surface area contributed by atoms with E-state index in [-0.39, 0.29) is 18.4 Å². The maximum atomic E-state index is 13.9. The van der Waals surface area contributed by atoms with Crippen molar-refractivity contribution in [3.8, 4) is 0 Å². The number of rotatable bonds is 3. The molecule has 1 spiro atoms. The summed E-state index contributed by atoms with van der Waals surface area (Å²) in [6.45, 7) is 1.79. The van der Waals surface area contributed by atoms with Crippen molar-refractivity contribution >= 4 is 11.8 Å². The van der Waals surface area contributed by atoms with Gasteiger partial charge in [-0.3, -0.25) is 9.59 Å². The lowest BCUT2D eigenvalue weighted by atomic mass is 9.77. The lowest BCUT2D eigenvalue weighted by Crippen LogP contribution is -2.46. The lowest BCUT2D eigenvalue weighted by molar-refractivity contribution is -0.138. The van der Waals surface area contributed by atoms with E-state index in [2.05, 4.69) is 0 Å². The summed E-state index contributed by atoms with van der Waals surface area (Å²) >= 11 is 0. The van der Waals surface area contributed by atoms with Crippen molar-refractivity contribution in [2.24, 2.45) is 5.41 Å². The van der Waals surface area contributed by atoms with Crippen molar-refractivity contribution in [2.45, 2.75) is 25.8 Å². The van der Waals surface area contributed by atoms with E-state index in [1.807, 2.05) is 18.2 Å². The number of piperidine rings is 1. The van der Waals surface area contributed by atoms with Gasteiger partial charge in [-0.05, 0) is 37.5 Å². The Kier molecular flexibility index (Phi) is 4.87. The van der Waals surface area contributed by atoms with E-state index in [9.17, 15) is 18.4 Å². The van der Waals surface area contributed by atoms with Crippen LogP contribution in [0.15, 0.2) is 48.5 Å². The minimum atomic E-state index is -0.628. The molecule has 0 bridgehead atoms. The zero-order chi connectivity index (χ0) is 19.7. The maximum Gasteiger partial charge on any atom is 0.253 e. The highest BCUT2D eigenvalue weighted by Crippen LogP contribution is 2.42. The van der Waals surface area contributed by atoms with Gasteiger partial charge in [0.15, 0.2) is 0 Å². The van der Waals surface area contributed by atoms with Crippen LogP contribution in [-0.4, -0.2) is 41.2 Å². The maximum absolute atomic E-state index is 13.9. The quantitative estimate of drug-likeness (QED) is 0.811. The Balaban J connectivity index is 1.40. The van der Waals surface area contributed by atoms with Crippen LogP contribution >= 0.6 is 0 Å². The first-order chi connectivity index (χ1) is 13.5. The van der Waals surface area contributed by atoms with Crippen LogP contribution in [0, 0.1) is 17.0 Å². The van der Waals surface area contributed by atoms with Crippen LogP contribution in [0.2, 0.25) is 0 Å². The number of hydrogen-bond donors (Lipinski definition) is 0. The summed E-state index contributed by atoms with van der Waals surface area (Å²) in [5.41, 5.74) is 0.511.